The smallest absolute Gasteiger partial charge is 0.253 e. The van der Waals surface area contributed by atoms with E-state index in [0.29, 0.717) is 33.9 Å². The highest BCUT2D eigenvalue weighted by molar-refractivity contribution is 7.98. The summed E-state index contributed by atoms with van der Waals surface area (Å²) in [6.45, 7) is 10.2. The highest BCUT2D eigenvalue weighted by Gasteiger charge is 2.11. The molecule has 2 heterocycles. The number of benzene rings is 1. The zero-order valence-electron chi connectivity index (χ0n) is 17.3. The van der Waals surface area contributed by atoms with Gasteiger partial charge in [-0.15, -0.1) is 33.3 Å². The molecular weight excluding hydrogens is 420 g/mol. The molecule has 3 N–H and O–H groups in total. The predicted molar refractivity (Wildman–Crippen MR) is 123 cm³/mol. The normalized spacial score (nSPS) is 10.1. The molecule has 1 aromatic carbocycles. The Kier molecular flexibility index (Phi) is 9.43. The minimum absolute atomic E-state index is 0.225. The summed E-state index contributed by atoms with van der Waals surface area (Å²) >= 11 is 2.98. The number of ether oxygens (including phenoxy) is 1. The maximum Gasteiger partial charge on any atom is 0.253 e. The van der Waals surface area contributed by atoms with Gasteiger partial charge in [-0.1, -0.05) is 38.1 Å². The number of hydrogen-bond donors (Lipinski definition) is 2. The molecule has 0 aliphatic heterocycles. The Bertz CT molecular complexity index is 951. The highest BCUT2D eigenvalue weighted by atomic mass is 32.2. The van der Waals surface area contributed by atoms with Crippen LogP contribution in [0.4, 0.5) is 5.00 Å². The molecule has 0 aliphatic carbocycles. The fourth-order valence-corrected chi connectivity index (χ4v) is 3.79. The van der Waals surface area contributed by atoms with Crippen LogP contribution in [-0.4, -0.2) is 21.9 Å². The van der Waals surface area contributed by atoms with Crippen LogP contribution in [-0.2, 0) is 12.4 Å². The highest BCUT2D eigenvalue weighted by Crippen LogP contribution is 2.25. The Morgan fingerprint density at radius 1 is 1.23 bits per heavy atom. The number of hydrogen-bond acceptors (Lipinski definition) is 8. The van der Waals surface area contributed by atoms with Gasteiger partial charge in [0.2, 0.25) is 5.89 Å². The van der Waals surface area contributed by atoms with Gasteiger partial charge < -0.3 is 20.2 Å². The number of nitrogens with zero attached hydrogens (tertiary/aromatic N) is 2. The number of rotatable bonds is 10. The van der Waals surface area contributed by atoms with E-state index in [1.165, 1.54) is 16.9 Å². The molecule has 1 amide bonds. The number of nitrogens with one attached hydrogen (secondary N) is 1. The van der Waals surface area contributed by atoms with Gasteiger partial charge in [-0.25, -0.2) is 0 Å². The average Bonchev–Trinajstić information content (AvgIpc) is 3.39. The van der Waals surface area contributed by atoms with Crippen molar-refractivity contribution in [3.05, 3.63) is 70.9 Å². The van der Waals surface area contributed by atoms with Gasteiger partial charge in [-0.05, 0) is 30.5 Å². The van der Waals surface area contributed by atoms with Gasteiger partial charge >= 0.3 is 0 Å². The van der Waals surface area contributed by atoms with Gasteiger partial charge in [-0.2, -0.15) is 0 Å². The molecule has 0 aliphatic rings. The molecule has 0 saturated carbocycles. The summed E-state index contributed by atoms with van der Waals surface area (Å²) in [6.07, 6.45) is 0. The first kappa shape index (κ1) is 23.5. The lowest BCUT2D eigenvalue weighted by Gasteiger charge is -2.08. The van der Waals surface area contributed by atoms with E-state index in [9.17, 15) is 4.79 Å². The standard InChI is InChI=1S/C19H20N4O3S2.C2H6/c1-12-3-5-14(6-4-12)25-9-16-22-23-17(26-16)11-27-10-13(2)21-19-15(18(20)24)7-8-28-19;1-2/h3-8,21H,2,9-11H2,1H3,(H2,20,24);1-2H3. The lowest BCUT2D eigenvalue weighted by molar-refractivity contribution is 0.100. The molecule has 160 valence electrons. The molecule has 0 spiro atoms. The van der Waals surface area contributed by atoms with E-state index < -0.39 is 5.91 Å². The molecule has 0 atom stereocenters. The largest absolute Gasteiger partial charge is 0.484 e. The van der Waals surface area contributed by atoms with Crippen LogP contribution in [0.2, 0.25) is 0 Å². The minimum atomic E-state index is -0.463. The summed E-state index contributed by atoms with van der Waals surface area (Å²) < 4.78 is 11.2. The molecule has 0 unspecified atom stereocenters. The van der Waals surface area contributed by atoms with Crippen molar-refractivity contribution in [2.75, 3.05) is 11.1 Å². The third-order valence-corrected chi connectivity index (χ3v) is 5.45. The van der Waals surface area contributed by atoms with Gasteiger partial charge in [0.25, 0.3) is 11.8 Å². The van der Waals surface area contributed by atoms with Crippen LogP contribution in [0.3, 0.4) is 0 Å². The lowest BCUT2D eigenvalue weighted by atomic mass is 10.2. The molecule has 0 fully saturated rings. The van der Waals surface area contributed by atoms with E-state index >= 15 is 0 Å². The van der Waals surface area contributed by atoms with Crippen LogP contribution in [0.1, 0.15) is 41.6 Å². The Hall–Kier alpha value is -2.78. The third-order valence-electron chi connectivity index (χ3n) is 3.61. The first-order valence-electron chi connectivity index (χ1n) is 9.42. The molecule has 0 saturated heterocycles. The monoisotopic (exact) mass is 446 g/mol. The van der Waals surface area contributed by atoms with E-state index in [1.54, 1.807) is 17.8 Å². The van der Waals surface area contributed by atoms with Gasteiger partial charge in [-0.3, -0.25) is 4.79 Å². The van der Waals surface area contributed by atoms with Crippen molar-refractivity contribution in [2.24, 2.45) is 5.73 Å². The SMILES string of the molecule is C=C(CSCc1nnc(COc2ccc(C)cc2)o1)Nc1sccc1C(N)=O.CC. The van der Waals surface area contributed by atoms with Crippen LogP contribution in [0.5, 0.6) is 5.75 Å². The first-order valence-corrected chi connectivity index (χ1v) is 11.5. The number of primary amides is 1. The van der Waals surface area contributed by atoms with E-state index in [4.69, 9.17) is 14.9 Å². The molecule has 7 nitrogen and oxygen atoms in total. The summed E-state index contributed by atoms with van der Waals surface area (Å²) in [6, 6.07) is 9.45. The summed E-state index contributed by atoms with van der Waals surface area (Å²) in [4.78, 5) is 11.3. The quantitative estimate of drug-likeness (QED) is 0.451. The van der Waals surface area contributed by atoms with Gasteiger partial charge in [0.15, 0.2) is 6.61 Å². The Labute approximate surface area is 184 Å². The van der Waals surface area contributed by atoms with Crippen LogP contribution < -0.4 is 15.8 Å². The summed E-state index contributed by atoms with van der Waals surface area (Å²) in [7, 11) is 0. The first-order chi connectivity index (χ1) is 14.5. The minimum Gasteiger partial charge on any atom is -0.484 e. The number of amides is 1. The van der Waals surface area contributed by atoms with Crippen molar-refractivity contribution in [2.45, 2.75) is 33.1 Å². The maximum absolute atomic E-state index is 11.3. The summed E-state index contributed by atoms with van der Waals surface area (Å²) in [5, 5.41) is 13.7. The molecule has 30 heavy (non-hydrogen) atoms. The number of aromatic nitrogens is 2. The van der Waals surface area contributed by atoms with Crippen molar-refractivity contribution in [1.29, 1.82) is 0 Å². The molecule has 0 radical (unpaired) electrons. The number of aryl methyl sites for hydroxylation is 1. The number of thioether (sulfide) groups is 1. The second kappa shape index (κ2) is 12.0. The van der Waals surface area contributed by atoms with Crippen molar-refractivity contribution in [3.63, 3.8) is 0 Å². The fourth-order valence-electron chi connectivity index (χ4n) is 2.24. The second-order valence-corrected chi connectivity index (χ2v) is 7.84. The van der Waals surface area contributed by atoms with Gasteiger partial charge in [0.1, 0.15) is 10.8 Å². The van der Waals surface area contributed by atoms with Crippen LogP contribution in [0.25, 0.3) is 0 Å². The number of thiophene rings is 1. The number of nitrogens with two attached hydrogens (primary N) is 1. The van der Waals surface area contributed by atoms with E-state index in [0.717, 1.165) is 11.4 Å². The van der Waals surface area contributed by atoms with Crippen LogP contribution >= 0.6 is 23.1 Å². The van der Waals surface area contributed by atoms with Crippen molar-refractivity contribution in [1.82, 2.24) is 10.2 Å². The zero-order valence-corrected chi connectivity index (χ0v) is 18.9. The molecule has 0 bridgehead atoms. The van der Waals surface area contributed by atoms with E-state index in [-0.39, 0.29) is 6.61 Å². The maximum atomic E-state index is 11.3. The molecule has 3 rings (SSSR count). The average molecular weight is 447 g/mol. The van der Waals surface area contributed by atoms with Crippen LogP contribution in [0.15, 0.2) is 52.4 Å². The molecule has 9 heteroatoms. The Morgan fingerprint density at radius 2 is 1.93 bits per heavy atom. The summed E-state index contributed by atoms with van der Waals surface area (Å²) in [5.41, 5.74) is 7.73. The Morgan fingerprint density at radius 3 is 2.63 bits per heavy atom. The topological polar surface area (TPSA) is 103 Å². The van der Waals surface area contributed by atoms with Gasteiger partial charge in [0, 0.05) is 11.4 Å². The molecule has 3 aromatic rings. The van der Waals surface area contributed by atoms with Crippen molar-refractivity contribution in [3.8, 4) is 5.75 Å². The van der Waals surface area contributed by atoms with Gasteiger partial charge in [0.05, 0.1) is 11.3 Å². The second-order valence-electron chi connectivity index (χ2n) is 5.94. The van der Waals surface area contributed by atoms with Crippen molar-refractivity contribution < 1.29 is 13.9 Å². The summed E-state index contributed by atoms with van der Waals surface area (Å²) in [5.74, 6) is 2.41. The number of anilines is 1. The molecular formula is C21H26N4O3S2. The Balaban J connectivity index is 0.00000155. The van der Waals surface area contributed by atoms with E-state index in [1.807, 2.05) is 50.4 Å². The lowest BCUT2D eigenvalue weighted by Crippen LogP contribution is -2.12. The third kappa shape index (κ3) is 7.23. The molecule has 2 aromatic heterocycles. The van der Waals surface area contributed by atoms with E-state index in [2.05, 4.69) is 22.1 Å². The number of carbonyl (C=O) groups is 1. The van der Waals surface area contributed by atoms with Crippen LogP contribution in [0, 0.1) is 6.92 Å². The van der Waals surface area contributed by atoms with Crippen molar-refractivity contribution >= 4 is 34.0 Å². The fraction of sp³-hybridized carbons (Fsp3) is 0.286. The zero-order chi connectivity index (χ0) is 21.9. The predicted octanol–water partition coefficient (Wildman–Crippen LogP) is 5.00. The number of carbonyl (C=O) groups excluding carboxylic acids is 1.